The number of aliphatic hydroxyl groups excluding tert-OH is 1. The van der Waals surface area contributed by atoms with Crippen molar-refractivity contribution in [2.24, 2.45) is 5.92 Å². The van der Waals surface area contributed by atoms with Crippen molar-refractivity contribution in [1.82, 2.24) is 14.8 Å². The number of nitrogens with zero attached hydrogens (tertiary/aromatic N) is 3. The van der Waals surface area contributed by atoms with Crippen LogP contribution in [0.1, 0.15) is 50.0 Å². The van der Waals surface area contributed by atoms with Crippen molar-refractivity contribution >= 4 is 17.2 Å². The zero-order chi connectivity index (χ0) is 16.8. The molecule has 1 saturated carbocycles. The van der Waals surface area contributed by atoms with Crippen LogP contribution in [0.2, 0.25) is 0 Å². The summed E-state index contributed by atoms with van der Waals surface area (Å²) in [7, 11) is 0. The fraction of sp³-hybridized carbons (Fsp3) is 0.778. The number of carbonyl (C=O) groups excluding carboxylic acids is 1. The maximum Gasteiger partial charge on any atom is 0.226 e. The molecular formula is C18H29N3O2S. The van der Waals surface area contributed by atoms with Crippen molar-refractivity contribution in [3.63, 3.8) is 0 Å². The van der Waals surface area contributed by atoms with E-state index in [4.69, 9.17) is 0 Å². The first-order valence-electron chi connectivity index (χ1n) is 9.30. The maximum absolute atomic E-state index is 12.9. The van der Waals surface area contributed by atoms with Crippen LogP contribution >= 0.6 is 11.3 Å². The van der Waals surface area contributed by atoms with E-state index in [2.05, 4.69) is 9.88 Å². The second-order valence-electron chi connectivity index (χ2n) is 7.01. The lowest BCUT2D eigenvalue weighted by Gasteiger charge is -2.39. The Balaban J connectivity index is 1.52. The van der Waals surface area contributed by atoms with Gasteiger partial charge in [-0.1, -0.05) is 19.3 Å². The molecule has 1 aliphatic carbocycles. The largest absolute Gasteiger partial charge is 0.395 e. The highest BCUT2D eigenvalue weighted by Crippen LogP contribution is 2.28. The van der Waals surface area contributed by atoms with Gasteiger partial charge < -0.3 is 14.9 Å². The van der Waals surface area contributed by atoms with Gasteiger partial charge in [0.25, 0.3) is 0 Å². The topological polar surface area (TPSA) is 56.7 Å². The van der Waals surface area contributed by atoms with Crippen molar-refractivity contribution in [3.05, 3.63) is 16.6 Å². The molecule has 0 radical (unpaired) electrons. The second kappa shape index (κ2) is 8.92. The molecule has 0 bridgehead atoms. The molecule has 2 fully saturated rings. The van der Waals surface area contributed by atoms with Crippen LogP contribution in [0, 0.1) is 5.92 Å². The molecule has 2 aliphatic rings. The zero-order valence-electron chi connectivity index (χ0n) is 14.4. The smallest absolute Gasteiger partial charge is 0.226 e. The van der Waals surface area contributed by atoms with Crippen molar-refractivity contribution in [2.45, 2.75) is 57.5 Å². The zero-order valence-corrected chi connectivity index (χ0v) is 15.2. The lowest BCUT2D eigenvalue weighted by Crippen LogP contribution is -2.46. The molecule has 1 aromatic rings. The van der Waals surface area contributed by atoms with Gasteiger partial charge in [0.1, 0.15) is 5.01 Å². The monoisotopic (exact) mass is 351 g/mol. The molecule has 0 spiro atoms. The summed E-state index contributed by atoms with van der Waals surface area (Å²) in [6, 6.07) is 0.749. The number of hydrogen-bond donors (Lipinski definition) is 1. The van der Waals surface area contributed by atoms with Gasteiger partial charge in [-0.2, -0.15) is 0 Å². The number of rotatable bonds is 6. The van der Waals surface area contributed by atoms with Gasteiger partial charge in [0.15, 0.2) is 0 Å². The van der Waals surface area contributed by atoms with E-state index in [1.807, 2.05) is 5.38 Å². The summed E-state index contributed by atoms with van der Waals surface area (Å²) in [4.78, 5) is 21.5. The quantitative estimate of drug-likeness (QED) is 0.856. The van der Waals surface area contributed by atoms with Crippen LogP contribution in [0.4, 0.5) is 0 Å². The number of hydrogen-bond acceptors (Lipinski definition) is 5. The first-order chi connectivity index (χ1) is 11.8. The average molecular weight is 352 g/mol. The van der Waals surface area contributed by atoms with E-state index in [9.17, 15) is 9.90 Å². The third kappa shape index (κ3) is 4.55. The highest BCUT2D eigenvalue weighted by atomic mass is 32.1. The fourth-order valence-electron chi connectivity index (χ4n) is 4.10. The summed E-state index contributed by atoms with van der Waals surface area (Å²) in [6.07, 6.45) is 10.5. The fourth-order valence-corrected chi connectivity index (χ4v) is 4.73. The normalized spacial score (nSPS) is 21.0. The van der Waals surface area contributed by atoms with Gasteiger partial charge in [0, 0.05) is 30.1 Å². The standard InChI is InChI=1S/C18H29N3O2S/c22-12-11-21(14-17-19-8-13-24-17)18(23)15-6-9-20(10-7-15)16-4-2-1-3-5-16/h8,13,15-16,22H,1-7,9-12,14H2. The van der Waals surface area contributed by atoms with Crippen LogP contribution in [0.5, 0.6) is 0 Å². The molecule has 1 amide bonds. The summed E-state index contributed by atoms with van der Waals surface area (Å²) >= 11 is 1.57. The lowest BCUT2D eigenvalue weighted by molar-refractivity contribution is -0.138. The molecule has 1 saturated heterocycles. The van der Waals surface area contributed by atoms with Crippen LogP contribution in [0.25, 0.3) is 0 Å². The first-order valence-corrected chi connectivity index (χ1v) is 10.2. The second-order valence-corrected chi connectivity index (χ2v) is 7.99. The van der Waals surface area contributed by atoms with Gasteiger partial charge >= 0.3 is 0 Å². The molecule has 5 nitrogen and oxygen atoms in total. The van der Waals surface area contributed by atoms with Crippen LogP contribution in [-0.4, -0.2) is 58.1 Å². The highest BCUT2D eigenvalue weighted by Gasteiger charge is 2.31. The average Bonchev–Trinajstić information content (AvgIpc) is 3.15. The van der Waals surface area contributed by atoms with Gasteiger partial charge in [-0.3, -0.25) is 4.79 Å². The number of piperidine rings is 1. The number of carbonyl (C=O) groups is 1. The molecule has 0 aromatic carbocycles. The third-order valence-corrected chi connectivity index (χ3v) is 6.23. The van der Waals surface area contributed by atoms with Crippen LogP contribution in [-0.2, 0) is 11.3 Å². The summed E-state index contributed by atoms with van der Waals surface area (Å²) in [5.41, 5.74) is 0. The summed E-state index contributed by atoms with van der Waals surface area (Å²) < 4.78 is 0. The van der Waals surface area contributed by atoms with Crippen molar-refractivity contribution in [2.75, 3.05) is 26.2 Å². The molecule has 1 N–H and O–H groups in total. The third-order valence-electron chi connectivity index (χ3n) is 5.46. The van der Waals surface area contributed by atoms with E-state index in [0.717, 1.165) is 37.0 Å². The number of aliphatic hydroxyl groups is 1. The van der Waals surface area contributed by atoms with Gasteiger partial charge in [-0.15, -0.1) is 11.3 Å². The minimum absolute atomic E-state index is 0.0119. The molecule has 0 atom stereocenters. The molecule has 2 heterocycles. The Morgan fingerprint density at radius 3 is 2.62 bits per heavy atom. The van der Waals surface area contributed by atoms with Gasteiger partial charge in [0.05, 0.1) is 13.2 Å². The number of aromatic nitrogens is 1. The Hall–Kier alpha value is -0.980. The SMILES string of the molecule is O=C(C1CCN(C2CCCCC2)CC1)N(CCO)Cc1nccs1. The minimum atomic E-state index is 0.0119. The van der Waals surface area contributed by atoms with E-state index in [1.165, 1.54) is 32.1 Å². The molecule has 6 heteroatoms. The van der Waals surface area contributed by atoms with Crippen LogP contribution in [0.3, 0.4) is 0 Å². The van der Waals surface area contributed by atoms with Crippen molar-refractivity contribution in [3.8, 4) is 0 Å². The van der Waals surface area contributed by atoms with E-state index < -0.39 is 0 Å². The summed E-state index contributed by atoms with van der Waals surface area (Å²) in [5.74, 6) is 0.305. The molecule has 0 unspecified atom stereocenters. The van der Waals surface area contributed by atoms with Gasteiger partial charge in [-0.25, -0.2) is 4.98 Å². The number of likely N-dealkylation sites (tertiary alicyclic amines) is 1. The molecule has 134 valence electrons. The van der Waals surface area contributed by atoms with Crippen LogP contribution in [0.15, 0.2) is 11.6 Å². The maximum atomic E-state index is 12.9. The van der Waals surface area contributed by atoms with E-state index in [1.54, 1.807) is 22.4 Å². The summed E-state index contributed by atoms with van der Waals surface area (Å²) in [5, 5.41) is 12.2. The highest BCUT2D eigenvalue weighted by molar-refractivity contribution is 7.09. The first kappa shape index (κ1) is 17.8. The Labute approximate surface area is 148 Å². The molecule has 3 rings (SSSR count). The lowest BCUT2D eigenvalue weighted by atomic mass is 9.89. The van der Waals surface area contributed by atoms with E-state index >= 15 is 0 Å². The Bertz CT molecular complexity index is 494. The van der Waals surface area contributed by atoms with Gasteiger partial charge in [0.2, 0.25) is 5.91 Å². The summed E-state index contributed by atoms with van der Waals surface area (Å²) in [6.45, 7) is 3.04. The molecule has 1 aliphatic heterocycles. The predicted molar refractivity (Wildman–Crippen MR) is 95.8 cm³/mol. The minimum Gasteiger partial charge on any atom is -0.395 e. The van der Waals surface area contributed by atoms with Gasteiger partial charge in [-0.05, 0) is 38.8 Å². The van der Waals surface area contributed by atoms with Crippen molar-refractivity contribution in [1.29, 1.82) is 0 Å². The van der Waals surface area contributed by atoms with E-state index in [-0.39, 0.29) is 18.4 Å². The molecule has 24 heavy (non-hydrogen) atoms. The number of amides is 1. The number of thiazole rings is 1. The van der Waals surface area contributed by atoms with Crippen LogP contribution < -0.4 is 0 Å². The molecular weight excluding hydrogens is 322 g/mol. The Morgan fingerprint density at radius 2 is 2.00 bits per heavy atom. The molecule has 1 aromatic heterocycles. The van der Waals surface area contributed by atoms with E-state index in [0.29, 0.717) is 13.1 Å². The predicted octanol–water partition coefficient (Wildman–Crippen LogP) is 2.51. The Morgan fingerprint density at radius 1 is 1.25 bits per heavy atom. The van der Waals surface area contributed by atoms with Crippen molar-refractivity contribution < 1.29 is 9.90 Å². The Kier molecular flexibility index (Phi) is 6.63.